The third kappa shape index (κ3) is 9.81. The number of aryl methyl sites for hydroxylation is 2. The number of ether oxygens (including phenoxy) is 4. The Labute approximate surface area is 262 Å². The second-order valence-electron chi connectivity index (χ2n) is 12.8. The van der Waals surface area contributed by atoms with Crippen molar-refractivity contribution in [1.82, 2.24) is 5.06 Å². The Balaban J connectivity index is 1.16. The Kier molecular flexibility index (Phi) is 11.3. The van der Waals surface area contributed by atoms with Crippen molar-refractivity contribution in [2.75, 3.05) is 26.3 Å². The van der Waals surface area contributed by atoms with Crippen LogP contribution in [0.3, 0.4) is 0 Å². The molecule has 0 amide bonds. The van der Waals surface area contributed by atoms with E-state index in [4.69, 9.17) is 23.8 Å². The highest BCUT2D eigenvalue weighted by Crippen LogP contribution is 2.33. The van der Waals surface area contributed by atoms with Crippen molar-refractivity contribution in [2.24, 2.45) is 0 Å². The van der Waals surface area contributed by atoms with E-state index >= 15 is 0 Å². The van der Waals surface area contributed by atoms with Gasteiger partial charge in [-0.15, -0.1) is 5.06 Å². The molecule has 0 aromatic heterocycles. The molecule has 1 aliphatic carbocycles. The van der Waals surface area contributed by atoms with Crippen LogP contribution in [-0.4, -0.2) is 49.2 Å². The van der Waals surface area contributed by atoms with E-state index in [1.54, 1.807) is 5.06 Å². The van der Waals surface area contributed by atoms with Crippen LogP contribution in [0.25, 0.3) is 0 Å². The molecule has 1 heterocycles. The van der Waals surface area contributed by atoms with Crippen LogP contribution in [-0.2, 0) is 45.1 Å². The molecule has 7 nitrogen and oxygen atoms in total. The van der Waals surface area contributed by atoms with E-state index in [0.29, 0.717) is 39.5 Å². The highest BCUT2D eigenvalue weighted by atomic mass is 16.8. The lowest BCUT2D eigenvalue weighted by Gasteiger charge is -2.37. The summed E-state index contributed by atoms with van der Waals surface area (Å²) in [4.78, 5) is 18.0. The van der Waals surface area contributed by atoms with Crippen molar-refractivity contribution in [2.45, 2.75) is 90.1 Å². The van der Waals surface area contributed by atoms with Gasteiger partial charge in [-0.3, -0.25) is 0 Å². The van der Waals surface area contributed by atoms with Crippen molar-refractivity contribution < 1.29 is 28.6 Å². The van der Waals surface area contributed by atoms with E-state index in [0.717, 1.165) is 25.0 Å². The maximum atomic E-state index is 12.4. The predicted molar refractivity (Wildman–Crippen MR) is 171 cm³/mol. The fraction of sp³-hybridized carbons (Fsp3) is 0.486. The molecule has 5 rings (SSSR count). The van der Waals surface area contributed by atoms with Gasteiger partial charge in [0.15, 0.2) is 0 Å². The Morgan fingerprint density at radius 3 is 2.41 bits per heavy atom. The van der Waals surface area contributed by atoms with E-state index in [1.165, 1.54) is 47.1 Å². The summed E-state index contributed by atoms with van der Waals surface area (Å²) in [5.41, 5.74) is 5.86. The van der Waals surface area contributed by atoms with Crippen molar-refractivity contribution in [3.8, 4) is 5.75 Å². The lowest BCUT2D eigenvalue weighted by Crippen LogP contribution is -2.45. The lowest BCUT2D eigenvalue weighted by molar-refractivity contribution is -0.179. The van der Waals surface area contributed by atoms with E-state index < -0.39 is 11.8 Å². The summed E-state index contributed by atoms with van der Waals surface area (Å²) in [6.45, 7) is 8.95. The molecular formula is C37H47NO6. The smallest absolute Gasteiger partial charge is 0.494 e. The van der Waals surface area contributed by atoms with Crippen LogP contribution >= 0.6 is 0 Å². The third-order valence-corrected chi connectivity index (χ3v) is 8.11. The van der Waals surface area contributed by atoms with Gasteiger partial charge in [-0.05, 0) is 92.8 Å². The van der Waals surface area contributed by atoms with Gasteiger partial charge in [-0.2, -0.15) is 0 Å². The summed E-state index contributed by atoms with van der Waals surface area (Å²) in [5.74, 6) is 1.00. The molecule has 1 fully saturated rings. The van der Waals surface area contributed by atoms with Crippen LogP contribution in [0.2, 0.25) is 0 Å². The fourth-order valence-corrected chi connectivity index (χ4v) is 5.90. The normalized spacial score (nSPS) is 18.8. The van der Waals surface area contributed by atoms with Gasteiger partial charge >= 0.3 is 6.16 Å². The molecular weight excluding hydrogens is 554 g/mol. The number of fused-ring (bicyclic) bond motifs is 1. The fourth-order valence-electron chi connectivity index (χ4n) is 5.90. The summed E-state index contributed by atoms with van der Waals surface area (Å²) in [7, 11) is 0. The number of carbonyl (C=O) groups excluding carboxylic acids is 1. The van der Waals surface area contributed by atoms with Gasteiger partial charge < -0.3 is 23.8 Å². The van der Waals surface area contributed by atoms with Gasteiger partial charge in [-0.1, -0.05) is 60.7 Å². The van der Waals surface area contributed by atoms with Gasteiger partial charge in [0.05, 0.1) is 39.1 Å². The first-order chi connectivity index (χ1) is 21.3. The second kappa shape index (κ2) is 15.6. The number of piperidine rings is 1. The molecule has 0 bridgehead atoms. The molecule has 44 heavy (non-hydrogen) atoms. The Morgan fingerprint density at radius 2 is 1.64 bits per heavy atom. The average molecular weight is 602 g/mol. The maximum absolute atomic E-state index is 12.4. The highest BCUT2D eigenvalue weighted by Gasteiger charge is 2.34. The van der Waals surface area contributed by atoms with Crippen molar-refractivity contribution in [1.29, 1.82) is 0 Å². The van der Waals surface area contributed by atoms with Crippen molar-refractivity contribution in [3.05, 3.63) is 101 Å². The molecule has 0 radical (unpaired) electrons. The number of nitrogens with zero attached hydrogens (tertiary/aromatic N) is 1. The van der Waals surface area contributed by atoms with Crippen LogP contribution < -0.4 is 4.74 Å². The minimum absolute atomic E-state index is 0.157. The molecule has 1 aliphatic heterocycles. The largest absolute Gasteiger partial charge is 0.528 e. The van der Waals surface area contributed by atoms with E-state index in [-0.39, 0.29) is 12.0 Å². The SMILES string of the molecule is CC(C)(C)OC(=O)ON1CCC(c2ccc(OCCCOCc3ccccc3)cc2)C(OCc2ccc3c(c2)CCCC3)C1. The molecule has 3 aromatic rings. The maximum Gasteiger partial charge on any atom is 0.528 e. The van der Waals surface area contributed by atoms with Crippen LogP contribution in [0.4, 0.5) is 4.79 Å². The van der Waals surface area contributed by atoms with Crippen LogP contribution in [0.1, 0.15) is 80.2 Å². The predicted octanol–water partition coefficient (Wildman–Crippen LogP) is 7.79. The zero-order valence-corrected chi connectivity index (χ0v) is 26.5. The van der Waals surface area contributed by atoms with Crippen molar-refractivity contribution >= 4 is 6.16 Å². The van der Waals surface area contributed by atoms with Gasteiger partial charge in [0, 0.05) is 18.9 Å². The molecule has 0 N–H and O–H groups in total. The lowest BCUT2D eigenvalue weighted by atomic mass is 9.87. The van der Waals surface area contributed by atoms with Gasteiger partial charge in [-0.25, -0.2) is 4.79 Å². The Morgan fingerprint density at radius 1 is 0.864 bits per heavy atom. The zero-order valence-electron chi connectivity index (χ0n) is 26.5. The van der Waals surface area contributed by atoms with E-state index in [9.17, 15) is 4.79 Å². The molecule has 2 atom stereocenters. The minimum atomic E-state index is -0.684. The summed E-state index contributed by atoms with van der Waals surface area (Å²) >= 11 is 0. The molecule has 236 valence electrons. The molecule has 3 aromatic carbocycles. The van der Waals surface area contributed by atoms with E-state index in [1.807, 2.05) is 51.1 Å². The first-order valence-electron chi connectivity index (χ1n) is 16.0. The Bertz CT molecular complexity index is 1320. The van der Waals surface area contributed by atoms with Crippen molar-refractivity contribution in [3.63, 3.8) is 0 Å². The second-order valence-corrected chi connectivity index (χ2v) is 12.8. The monoisotopic (exact) mass is 601 g/mol. The molecule has 1 saturated heterocycles. The molecule has 2 unspecified atom stereocenters. The first kappa shape index (κ1) is 32.0. The average Bonchev–Trinajstić information content (AvgIpc) is 3.01. The van der Waals surface area contributed by atoms with Crippen LogP contribution in [0.15, 0.2) is 72.8 Å². The van der Waals surface area contributed by atoms with Crippen LogP contribution in [0.5, 0.6) is 5.75 Å². The van der Waals surface area contributed by atoms with Crippen LogP contribution in [0, 0.1) is 0 Å². The molecule has 7 heteroatoms. The quantitative estimate of drug-likeness (QED) is 0.155. The van der Waals surface area contributed by atoms with Gasteiger partial charge in [0.1, 0.15) is 11.4 Å². The third-order valence-electron chi connectivity index (χ3n) is 8.11. The Hall–Kier alpha value is -3.39. The number of hydrogen-bond acceptors (Lipinski definition) is 7. The standard InChI is InChI=1S/C37H47NO6/c1-37(2,3)43-36(39)44-38-21-20-34(35(25-38)42-27-29-14-15-30-12-7-8-13-32(30)24-29)31-16-18-33(19-17-31)41-23-9-22-40-26-28-10-5-4-6-11-28/h4-6,10-11,14-19,24,34-35H,7-9,12-13,20-23,25-27H2,1-3H3. The number of hydrogen-bond donors (Lipinski definition) is 0. The van der Waals surface area contributed by atoms with Gasteiger partial charge in [0.25, 0.3) is 0 Å². The summed E-state index contributed by atoms with van der Waals surface area (Å²) in [6.07, 6.45) is 5.60. The van der Waals surface area contributed by atoms with E-state index in [2.05, 4.69) is 42.5 Å². The summed E-state index contributed by atoms with van der Waals surface area (Å²) in [6, 6.07) is 25.3. The number of rotatable bonds is 12. The summed E-state index contributed by atoms with van der Waals surface area (Å²) < 4.78 is 23.7. The zero-order chi connectivity index (χ0) is 30.8. The van der Waals surface area contributed by atoms with Gasteiger partial charge in [0.2, 0.25) is 0 Å². The summed E-state index contributed by atoms with van der Waals surface area (Å²) in [5, 5.41) is 1.68. The minimum Gasteiger partial charge on any atom is -0.494 e. The molecule has 0 saturated carbocycles. The highest BCUT2D eigenvalue weighted by molar-refractivity contribution is 5.60. The number of carbonyl (C=O) groups is 1. The first-order valence-corrected chi connectivity index (χ1v) is 16.0. The molecule has 0 spiro atoms. The number of hydroxylamine groups is 2. The number of benzene rings is 3. The molecule has 2 aliphatic rings. The topological polar surface area (TPSA) is 66.5 Å².